The third-order valence-electron chi connectivity index (χ3n) is 5.82. The average Bonchev–Trinajstić information content (AvgIpc) is 2.70. The van der Waals surface area contributed by atoms with Crippen molar-refractivity contribution >= 4 is 5.69 Å². The van der Waals surface area contributed by atoms with Gasteiger partial charge in [0, 0.05) is 12.2 Å². The summed E-state index contributed by atoms with van der Waals surface area (Å²) in [7, 11) is 0. The molecule has 2 N–H and O–H groups in total. The van der Waals surface area contributed by atoms with Crippen molar-refractivity contribution in [3.05, 3.63) is 23.8 Å². The summed E-state index contributed by atoms with van der Waals surface area (Å²) in [6, 6.07) is 6.67. The van der Waals surface area contributed by atoms with Crippen LogP contribution in [-0.4, -0.2) is 25.7 Å². The summed E-state index contributed by atoms with van der Waals surface area (Å²) in [5, 5.41) is 7.08. The van der Waals surface area contributed by atoms with Gasteiger partial charge in [0.15, 0.2) is 0 Å². The van der Waals surface area contributed by atoms with Crippen LogP contribution < -0.4 is 15.4 Å². The summed E-state index contributed by atoms with van der Waals surface area (Å²) >= 11 is 0. The molecule has 2 fully saturated rings. The highest BCUT2D eigenvalue weighted by molar-refractivity contribution is 5.55. The number of benzene rings is 1. The Morgan fingerprint density at radius 3 is 2.59 bits per heavy atom. The first-order chi connectivity index (χ1) is 10.9. The molecular weight excluding hydrogens is 272 g/mol. The summed E-state index contributed by atoms with van der Waals surface area (Å²) in [5.74, 6) is 2.91. The van der Waals surface area contributed by atoms with Crippen molar-refractivity contribution in [2.24, 2.45) is 11.8 Å². The Balaban J connectivity index is 1.42. The van der Waals surface area contributed by atoms with Crippen LogP contribution in [0.1, 0.15) is 44.1 Å². The molecule has 3 heteroatoms. The molecule has 0 bridgehead atoms. The summed E-state index contributed by atoms with van der Waals surface area (Å²) in [6.45, 7) is 3.33. The van der Waals surface area contributed by atoms with Crippen LogP contribution >= 0.6 is 0 Å². The highest BCUT2D eigenvalue weighted by Crippen LogP contribution is 2.38. The fourth-order valence-corrected chi connectivity index (χ4v) is 4.13. The quantitative estimate of drug-likeness (QED) is 0.895. The summed E-state index contributed by atoms with van der Waals surface area (Å²) < 4.78 is 6.20. The van der Waals surface area contributed by atoms with Crippen molar-refractivity contribution in [3.8, 4) is 5.75 Å². The summed E-state index contributed by atoms with van der Waals surface area (Å²) in [6.07, 6.45) is 9.52. The maximum atomic E-state index is 6.20. The molecule has 0 amide bonds. The van der Waals surface area contributed by atoms with E-state index in [0.717, 1.165) is 50.1 Å². The molecule has 1 saturated heterocycles. The number of hydrogen-bond donors (Lipinski definition) is 2. The summed E-state index contributed by atoms with van der Waals surface area (Å²) in [4.78, 5) is 0. The highest BCUT2D eigenvalue weighted by Gasteiger charge is 2.28. The minimum absolute atomic E-state index is 0.390. The van der Waals surface area contributed by atoms with Crippen molar-refractivity contribution in [2.45, 2.75) is 51.0 Å². The van der Waals surface area contributed by atoms with Crippen molar-refractivity contribution < 1.29 is 4.74 Å². The first kappa shape index (κ1) is 14.4. The molecule has 2 aliphatic heterocycles. The maximum Gasteiger partial charge on any atom is 0.120 e. The lowest BCUT2D eigenvalue weighted by atomic mass is 9.74. The van der Waals surface area contributed by atoms with Gasteiger partial charge < -0.3 is 15.4 Å². The van der Waals surface area contributed by atoms with Crippen LogP contribution in [-0.2, 0) is 6.42 Å². The number of piperidine rings is 1. The molecular formula is C19H28N2O. The Morgan fingerprint density at radius 1 is 0.955 bits per heavy atom. The van der Waals surface area contributed by atoms with E-state index in [0.29, 0.717) is 6.10 Å². The molecule has 3 aliphatic rings. The third kappa shape index (κ3) is 3.10. The van der Waals surface area contributed by atoms with Crippen molar-refractivity contribution in [1.29, 1.82) is 0 Å². The standard InChI is InChI=1S/C19H28N2O/c1-2-14(3-1)16-5-4-15-12-18(6-7-19(15)21-13-16)22-17-8-10-20-11-9-17/h6-7,12,14,16-17,20-21H,1-5,8-11,13H2. The van der Waals surface area contributed by atoms with Crippen LogP contribution in [0.5, 0.6) is 5.75 Å². The number of anilines is 1. The zero-order valence-electron chi connectivity index (χ0n) is 13.4. The minimum atomic E-state index is 0.390. The molecule has 1 unspecified atom stereocenters. The van der Waals surface area contributed by atoms with Gasteiger partial charge in [-0.1, -0.05) is 19.3 Å². The van der Waals surface area contributed by atoms with E-state index in [-0.39, 0.29) is 0 Å². The van der Waals surface area contributed by atoms with Crippen LogP contribution in [0, 0.1) is 11.8 Å². The molecule has 3 nitrogen and oxygen atoms in total. The van der Waals surface area contributed by atoms with E-state index >= 15 is 0 Å². The molecule has 0 spiro atoms. The van der Waals surface area contributed by atoms with Crippen LogP contribution in [0.3, 0.4) is 0 Å². The van der Waals surface area contributed by atoms with Gasteiger partial charge in [0.1, 0.15) is 11.9 Å². The first-order valence-corrected chi connectivity index (χ1v) is 9.12. The maximum absolute atomic E-state index is 6.20. The first-order valence-electron chi connectivity index (χ1n) is 9.12. The Labute approximate surface area is 133 Å². The van der Waals surface area contributed by atoms with Gasteiger partial charge in [-0.3, -0.25) is 0 Å². The van der Waals surface area contributed by atoms with Gasteiger partial charge in [-0.2, -0.15) is 0 Å². The smallest absolute Gasteiger partial charge is 0.120 e. The second kappa shape index (κ2) is 6.49. The van der Waals surface area contributed by atoms with Crippen molar-refractivity contribution in [3.63, 3.8) is 0 Å². The fourth-order valence-electron chi connectivity index (χ4n) is 4.13. The minimum Gasteiger partial charge on any atom is -0.490 e. The Hall–Kier alpha value is -1.22. The molecule has 1 atom stereocenters. The van der Waals surface area contributed by atoms with Gasteiger partial charge in [0.05, 0.1) is 0 Å². The van der Waals surface area contributed by atoms with Gasteiger partial charge in [-0.15, -0.1) is 0 Å². The Morgan fingerprint density at radius 2 is 1.82 bits per heavy atom. The largest absolute Gasteiger partial charge is 0.490 e. The molecule has 4 rings (SSSR count). The zero-order valence-corrected chi connectivity index (χ0v) is 13.4. The lowest BCUT2D eigenvalue weighted by molar-refractivity contribution is 0.162. The van der Waals surface area contributed by atoms with E-state index in [1.807, 2.05) is 0 Å². The molecule has 1 aromatic rings. The SMILES string of the molecule is c1cc2c(cc1OC1CCNCC1)CCC(C1CCC1)CN2. The average molecular weight is 300 g/mol. The highest BCUT2D eigenvalue weighted by atomic mass is 16.5. The molecule has 1 aliphatic carbocycles. The molecule has 22 heavy (non-hydrogen) atoms. The second-order valence-corrected chi connectivity index (χ2v) is 7.26. The topological polar surface area (TPSA) is 33.3 Å². The molecule has 1 aromatic carbocycles. The van der Waals surface area contributed by atoms with E-state index in [1.54, 1.807) is 0 Å². The van der Waals surface area contributed by atoms with E-state index in [2.05, 4.69) is 28.8 Å². The zero-order chi connectivity index (χ0) is 14.8. The van der Waals surface area contributed by atoms with Crippen LogP contribution in [0.15, 0.2) is 18.2 Å². The Bertz CT molecular complexity index is 506. The molecule has 120 valence electrons. The number of fused-ring (bicyclic) bond motifs is 1. The third-order valence-corrected chi connectivity index (χ3v) is 5.82. The second-order valence-electron chi connectivity index (χ2n) is 7.26. The predicted molar refractivity (Wildman–Crippen MR) is 90.6 cm³/mol. The number of nitrogens with one attached hydrogen (secondary N) is 2. The number of aryl methyl sites for hydroxylation is 1. The number of rotatable bonds is 3. The van der Waals surface area contributed by atoms with Gasteiger partial charge in [-0.25, -0.2) is 0 Å². The van der Waals surface area contributed by atoms with Crippen molar-refractivity contribution in [2.75, 3.05) is 25.0 Å². The van der Waals surface area contributed by atoms with Gasteiger partial charge in [0.2, 0.25) is 0 Å². The fraction of sp³-hybridized carbons (Fsp3) is 0.684. The lowest BCUT2D eigenvalue weighted by Crippen LogP contribution is -2.34. The van der Waals surface area contributed by atoms with E-state index in [4.69, 9.17) is 4.74 Å². The van der Waals surface area contributed by atoms with Crippen LogP contribution in [0.25, 0.3) is 0 Å². The van der Waals surface area contributed by atoms with Crippen LogP contribution in [0.2, 0.25) is 0 Å². The molecule has 0 aromatic heterocycles. The van der Waals surface area contributed by atoms with Gasteiger partial charge in [0.25, 0.3) is 0 Å². The monoisotopic (exact) mass is 300 g/mol. The number of ether oxygens (including phenoxy) is 1. The van der Waals surface area contributed by atoms with E-state index in [9.17, 15) is 0 Å². The molecule has 1 saturated carbocycles. The molecule has 2 heterocycles. The predicted octanol–water partition coefficient (Wildman–Crippen LogP) is 3.59. The normalized spacial score (nSPS) is 26.5. The van der Waals surface area contributed by atoms with Gasteiger partial charge in [-0.05, 0) is 74.4 Å². The van der Waals surface area contributed by atoms with Gasteiger partial charge >= 0.3 is 0 Å². The Kier molecular flexibility index (Phi) is 4.24. The summed E-state index contributed by atoms with van der Waals surface area (Å²) in [5.41, 5.74) is 2.78. The van der Waals surface area contributed by atoms with E-state index in [1.165, 1.54) is 43.4 Å². The molecule has 0 radical (unpaired) electrons. The van der Waals surface area contributed by atoms with Crippen molar-refractivity contribution in [1.82, 2.24) is 5.32 Å². The lowest BCUT2D eigenvalue weighted by Gasteiger charge is -2.33. The van der Waals surface area contributed by atoms with Crippen LogP contribution in [0.4, 0.5) is 5.69 Å². The number of hydrogen-bond acceptors (Lipinski definition) is 3. The van der Waals surface area contributed by atoms with E-state index < -0.39 is 0 Å².